The molecule has 1 amide bonds. The van der Waals surface area contributed by atoms with Crippen LogP contribution in [-0.4, -0.2) is 79.2 Å². The second kappa shape index (κ2) is 8.32. The maximum absolute atomic E-state index is 11.7. The predicted molar refractivity (Wildman–Crippen MR) is 81.0 cm³/mol. The molecular weight excluding hydrogens is 288 g/mol. The van der Waals surface area contributed by atoms with Crippen LogP contribution in [0.5, 0.6) is 0 Å². The minimum atomic E-state index is -0.259. The molecule has 0 aliphatic carbocycles. The van der Waals surface area contributed by atoms with Gasteiger partial charge < -0.3 is 24.6 Å². The number of nitrogens with one attached hydrogen (secondary N) is 1. The Hall–Kier alpha value is -2.16. The van der Waals surface area contributed by atoms with Crippen molar-refractivity contribution in [2.45, 2.75) is 6.92 Å². The van der Waals surface area contributed by atoms with Gasteiger partial charge in [0.15, 0.2) is 5.82 Å². The Kier molecular flexibility index (Phi) is 6.13. The second-order valence-corrected chi connectivity index (χ2v) is 4.73. The summed E-state index contributed by atoms with van der Waals surface area (Å²) < 4.78 is 9.97. The van der Waals surface area contributed by atoms with Crippen molar-refractivity contribution in [3.63, 3.8) is 0 Å². The number of amides is 1. The summed E-state index contributed by atoms with van der Waals surface area (Å²) in [5.74, 6) is 1.22. The number of aromatic nitrogens is 3. The Bertz CT molecular complexity index is 479. The van der Waals surface area contributed by atoms with Gasteiger partial charge in [0.2, 0.25) is 5.95 Å². The van der Waals surface area contributed by atoms with Crippen molar-refractivity contribution in [2.75, 3.05) is 63.3 Å². The largest absolute Gasteiger partial charge is 0.450 e. The summed E-state index contributed by atoms with van der Waals surface area (Å²) in [7, 11) is 1.64. The molecule has 22 heavy (non-hydrogen) atoms. The summed E-state index contributed by atoms with van der Waals surface area (Å²) in [4.78, 5) is 19.9. The van der Waals surface area contributed by atoms with Gasteiger partial charge >= 0.3 is 6.09 Å². The number of methoxy groups -OCH3 is 1. The van der Waals surface area contributed by atoms with Crippen molar-refractivity contribution in [1.82, 2.24) is 20.1 Å². The van der Waals surface area contributed by atoms with E-state index in [4.69, 9.17) is 9.47 Å². The number of carbonyl (C=O) groups is 1. The van der Waals surface area contributed by atoms with Crippen molar-refractivity contribution in [3.05, 3.63) is 6.20 Å². The fraction of sp³-hybridized carbons (Fsp3) is 0.692. The molecule has 1 aromatic rings. The molecule has 1 N–H and O–H groups in total. The number of anilines is 2. The first-order chi connectivity index (χ1) is 10.7. The summed E-state index contributed by atoms with van der Waals surface area (Å²) >= 11 is 0. The van der Waals surface area contributed by atoms with Gasteiger partial charge in [0.25, 0.3) is 0 Å². The quantitative estimate of drug-likeness (QED) is 0.745. The van der Waals surface area contributed by atoms with Gasteiger partial charge in [-0.2, -0.15) is 10.1 Å². The first-order valence-electron chi connectivity index (χ1n) is 7.33. The molecule has 1 aromatic heterocycles. The van der Waals surface area contributed by atoms with Crippen LogP contribution in [0.25, 0.3) is 0 Å². The third-order valence-electron chi connectivity index (χ3n) is 3.27. The average molecular weight is 310 g/mol. The zero-order valence-electron chi connectivity index (χ0n) is 13.0. The Morgan fingerprint density at radius 1 is 1.36 bits per heavy atom. The van der Waals surface area contributed by atoms with Crippen LogP contribution in [0, 0.1) is 0 Å². The Balaban J connectivity index is 1.88. The van der Waals surface area contributed by atoms with E-state index in [1.807, 2.05) is 0 Å². The second-order valence-electron chi connectivity index (χ2n) is 4.73. The Morgan fingerprint density at radius 2 is 2.14 bits per heavy atom. The SMILES string of the molecule is CCOC(=O)N1CCN(c2cnnc(NCCOC)n2)CC1. The van der Waals surface area contributed by atoms with Gasteiger partial charge in [-0.1, -0.05) is 0 Å². The number of rotatable bonds is 6. The zero-order valence-corrected chi connectivity index (χ0v) is 13.0. The van der Waals surface area contributed by atoms with Gasteiger partial charge in [-0.05, 0) is 6.92 Å². The number of ether oxygens (including phenoxy) is 2. The molecule has 2 heterocycles. The van der Waals surface area contributed by atoms with Crippen LogP contribution in [0.2, 0.25) is 0 Å². The highest BCUT2D eigenvalue weighted by molar-refractivity contribution is 5.68. The monoisotopic (exact) mass is 310 g/mol. The minimum Gasteiger partial charge on any atom is -0.450 e. The number of carbonyl (C=O) groups excluding carboxylic acids is 1. The lowest BCUT2D eigenvalue weighted by atomic mass is 10.3. The van der Waals surface area contributed by atoms with E-state index in [2.05, 4.69) is 25.4 Å². The van der Waals surface area contributed by atoms with Crippen molar-refractivity contribution in [1.29, 1.82) is 0 Å². The molecule has 0 bridgehead atoms. The van der Waals surface area contributed by atoms with E-state index in [-0.39, 0.29) is 6.09 Å². The third-order valence-corrected chi connectivity index (χ3v) is 3.27. The smallest absolute Gasteiger partial charge is 0.409 e. The molecular formula is C13H22N6O3. The van der Waals surface area contributed by atoms with E-state index in [1.54, 1.807) is 25.1 Å². The maximum Gasteiger partial charge on any atom is 0.409 e. The normalized spacial score (nSPS) is 14.8. The lowest BCUT2D eigenvalue weighted by Gasteiger charge is -2.34. The molecule has 0 spiro atoms. The van der Waals surface area contributed by atoms with Gasteiger partial charge in [0, 0.05) is 39.8 Å². The fourth-order valence-electron chi connectivity index (χ4n) is 2.12. The average Bonchev–Trinajstić information content (AvgIpc) is 2.56. The van der Waals surface area contributed by atoms with E-state index >= 15 is 0 Å². The summed E-state index contributed by atoms with van der Waals surface area (Å²) in [6, 6.07) is 0. The van der Waals surface area contributed by atoms with Gasteiger partial charge in [0.1, 0.15) is 0 Å². The number of nitrogens with zero attached hydrogens (tertiary/aromatic N) is 5. The van der Waals surface area contributed by atoms with Crippen LogP contribution in [0.4, 0.5) is 16.6 Å². The van der Waals surface area contributed by atoms with Gasteiger partial charge in [-0.3, -0.25) is 0 Å². The van der Waals surface area contributed by atoms with Gasteiger partial charge in [-0.15, -0.1) is 5.10 Å². The Labute approximate surface area is 129 Å². The highest BCUT2D eigenvalue weighted by atomic mass is 16.6. The van der Waals surface area contributed by atoms with Crippen molar-refractivity contribution in [2.24, 2.45) is 0 Å². The Morgan fingerprint density at radius 3 is 2.82 bits per heavy atom. The molecule has 0 saturated carbocycles. The van der Waals surface area contributed by atoms with Gasteiger partial charge in [-0.25, -0.2) is 4.79 Å². The first kappa shape index (κ1) is 16.2. The molecule has 1 fully saturated rings. The molecule has 0 atom stereocenters. The molecule has 2 rings (SSSR count). The van der Waals surface area contributed by atoms with E-state index in [9.17, 15) is 4.79 Å². The van der Waals surface area contributed by atoms with E-state index in [0.717, 1.165) is 5.82 Å². The van der Waals surface area contributed by atoms with Crippen LogP contribution < -0.4 is 10.2 Å². The highest BCUT2D eigenvalue weighted by Crippen LogP contribution is 2.14. The van der Waals surface area contributed by atoms with Crippen LogP contribution in [-0.2, 0) is 9.47 Å². The topological polar surface area (TPSA) is 92.7 Å². The lowest BCUT2D eigenvalue weighted by Crippen LogP contribution is -2.49. The molecule has 1 aliphatic rings. The van der Waals surface area contributed by atoms with Crippen molar-refractivity contribution in [3.8, 4) is 0 Å². The highest BCUT2D eigenvalue weighted by Gasteiger charge is 2.23. The maximum atomic E-state index is 11.7. The fourth-order valence-corrected chi connectivity index (χ4v) is 2.12. The van der Waals surface area contributed by atoms with Crippen molar-refractivity contribution >= 4 is 17.9 Å². The van der Waals surface area contributed by atoms with E-state index in [1.165, 1.54) is 0 Å². The number of hydrogen-bond donors (Lipinski definition) is 1. The standard InChI is InChI=1S/C13H22N6O3/c1-3-22-13(20)19-7-5-18(6-8-19)11-10-15-17-12(16-11)14-4-9-21-2/h10H,3-9H2,1-2H3,(H,14,16,17). The van der Waals surface area contributed by atoms with Crippen LogP contribution in [0.15, 0.2) is 6.20 Å². The molecule has 0 aromatic carbocycles. The summed E-state index contributed by atoms with van der Waals surface area (Å²) in [6.07, 6.45) is 1.37. The molecule has 1 aliphatic heterocycles. The van der Waals surface area contributed by atoms with Crippen LogP contribution >= 0.6 is 0 Å². The zero-order chi connectivity index (χ0) is 15.8. The third kappa shape index (κ3) is 4.42. The molecule has 9 nitrogen and oxygen atoms in total. The first-order valence-corrected chi connectivity index (χ1v) is 7.33. The number of hydrogen-bond acceptors (Lipinski definition) is 8. The van der Waals surface area contributed by atoms with E-state index in [0.29, 0.717) is 51.9 Å². The number of piperazine rings is 1. The lowest BCUT2D eigenvalue weighted by molar-refractivity contribution is 0.105. The van der Waals surface area contributed by atoms with E-state index < -0.39 is 0 Å². The summed E-state index contributed by atoms with van der Waals surface area (Å²) in [5.41, 5.74) is 0. The summed E-state index contributed by atoms with van der Waals surface area (Å²) in [6.45, 7) is 5.99. The molecule has 0 unspecified atom stereocenters. The predicted octanol–water partition coefficient (Wildman–Crippen LogP) is 0.208. The molecule has 9 heteroatoms. The van der Waals surface area contributed by atoms with Crippen molar-refractivity contribution < 1.29 is 14.3 Å². The van der Waals surface area contributed by atoms with Crippen LogP contribution in [0.1, 0.15) is 6.92 Å². The molecule has 1 saturated heterocycles. The summed E-state index contributed by atoms with van der Waals surface area (Å²) in [5, 5.41) is 10.9. The minimum absolute atomic E-state index is 0.259. The molecule has 0 radical (unpaired) electrons. The van der Waals surface area contributed by atoms with Gasteiger partial charge in [0.05, 0.1) is 19.4 Å². The van der Waals surface area contributed by atoms with Crippen LogP contribution in [0.3, 0.4) is 0 Å². The molecule has 122 valence electrons.